The monoisotopic (exact) mass is 273 g/mol. The molecule has 0 unspecified atom stereocenters. The molecule has 1 aromatic carbocycles. The highest BCUT2D eigenvalue weighted by Crippen LogP contribution is 2.29. The first-order chi connectivity index (χ1) is 9.28. The van der Waals surface area contributed by atoms with E-state index in [1.165, 1.54) is 28.8 Å². The molecule has 1 aliphatic heterocycles. The second kappa shape index (κ2) is 5.31. The van der Waals surface area contributed by atoms with E-state index >= 15 is 0 Å². The lowest BCUT2D eigenvalue weighted by Crippen LogP contribution is -2.22. The van der Waals surface area contributed by atoms with Crippen LogP contribution in [0.3, 0.4) is 0 Å². The number of aromatic nitrogens is 1. The van der Waals surface area contributed by atoms with E-state index < -0.39 is 0 Å². The van der Waals surface area contributed by atoms with Gasteiger partial charge in [0.1, 0.15) is 0 Å². The Morgan fingerprint density at radius 2 is 2.11 bits per heavy atom. The average Bonchev–Trinajstić information content (AvgIpc) is 2.68. The van der Waals surface area contributed by atoms with E-state index in [1.807, 2.05) is 6.92 Å². The summed E-state index contributed by atoms with van der Waals surface area (Å²) in [4.78, 5) is 8.28. The zero-order valence-corrected chi connectivity index (χ0v) is 12.0. The maximum atomic E-state index is 5.75. The highest BCUT2D eigenvalue weighted by Gasteiger charge is 2.18. The van der Waals surface area contributed by atoms with Crippen molar-refractivity contribution < 1.29 is 0 Å². The van der Waals surface area contributed by atoms with Crippen molar-refractivity contribution >= 4 is 16.5 Å². The summed E-state index contributed by atoms with van der Waals surface area (Å²) in [5, 5.41) is 1.12. The summed E-state index contributed by atoms with van der Waals surface area (Å²) in [5.41, 5.74) is 9.75. The number of thiazole rings is 1. The first-order valence-electron chi connectivity index (χ1n) is 6.76. The van der Waals surface area contributed by atoms with Gasteiger partial charge in [0.25, 0.3) is 0 Å². The van der Waals surface area contributed by atoms with E-state index in [1.54, 1.807) is 11.3 Å². The second-order valence-electron chi connectivity index (χ2n) is 5.00. The number of hydrogen-bond donors (Lipinski definition) is 1. The summed E-state index contributed by atoms with van der Waals surface area (Å²) in [6.45, 7) is 4.68. The van der Waals surface area contributed by atoms with Gasteiger partial charge in [0.2, 0.25) is 0 Å². The molecule has 3 rings (SSSR count). The van der Waals surface area contributed by atoms with Crippen LogP contribution in [0.15, 0.2) is 24.3 Å². The molecule has 0 amide bonds. The number of benzene rings is 1. The molecule has 4 heteroatoms. The fourth-order valence-electron chi connectivity index (χ4n) is 2.60. The first-order valence-corrected chi connectivity index (χ1v) is 7.57. The van der Waals surface area contributed by atoms with Gasteiger partial charge >= 0.3 is 0 Å². The molecule has 0 fully saturated rings. The Morgan fingerprint density at radius 1 is 1.32 bits per heavy atom. The Kier molecular flexibility index (Phi) is 3.53. The summed E-state index contributed by atoms with van der Waals surface area (Å²) in [7, 11) is 0. The van der Waals surface area contributed by atoms with Crippen molar-refractivity contribution in [3.63, 3.8) is 0 Å². The van der Waals surface area contributed by atoms with Crippen molar-refractivity contribution in [2.45, 2.75) is 32.9 Å². The molecule has 1 aliphatic rings. The predicted octanol–water partition coefficient (Wildman–Crippen LogP) is 2.86. The van der Waals surface area contributed by atoms with Crippen LogP contribution in [-0.2, 0) is 19.5 Å². The number of nitrogens with zero attached hydrogens (tertiary/aromatic N) is 2. The van der Waals surface area contributed by atoms with E-state index in [2.05, 4.69) is 34.1 Å². The molecule has 0 saturated carbocycles. The molecule has 19 heavy (non-hydrogen) atoms. The van der Waals surface area contributed by atoms with Crippen molar-refractivity contribution in [1.29, 1.82) is 0 Å². The van der Waals surface area contributed by atoms with Gasteiger partial charge in [-0.15, -0.1) is 11.3 Å². The number of aryl methyl sites for hydroxylation is 2. The van der Waals surface area contributed by atoms with Crippen LogP contribution in [0.2, 0.25) is 0 Å². The average molecular weight is 273 g/mol. The summed E-state index contributed by atoms with van der Waals surface area (Å²) in [5.74, 6) is 0. The second-order valence-corrected chi connectivity index (χ2v) is 6.07. The zero-order valence-electron chi connectivity index (χ0n) is 11.2. The van der Waals surface area contributed by atoms with E-state index in [9.17, 15) is 0 Å². The van der Waals surface area contributed by atoms with Crippen LogP contribution in [-0.4, -0.2) is 11.5 Å². The third-order valence-corrected chi connectivity index (χ3v) is 4.93. The third-order valence-electron chi connectivity index (χ3n) is 3.69. The van der Waals surface area contributed by atoms with Crippen LogP contribution >= 0.6 is 11.3 Å². The largest absolute Gasteiger partial charge is 0.344 e. The van der Waals surface area contributed by atoms with Crippen molar-refractivity contribution in [1.82, 2.24) is 4.98 Å². The summed E-state index contributed by atoms with van der Waals surface area (Å²) < 4.78 is 0. The van der Waals surface area contributed by atoms with Gasteiger partial charge in [0, 0.05) is 24.5 Å². The fourth-order valence-corrected chi connectivity index (χ4v) is 3.57. The van der Waals surface area contributed by atoms with Crippen LogP contribution in [0, 0.1) is 6.92 Å². The molecule has 0 aliphatic carbocycles. The van der Waals surface area contributed by atoms with Gasteiger partial charge in [0.05, 0.1) is 5.69 Å². The smallest absolute Gasteiger partial charge is 0.186 e. The SMILES string of the molecule is Cc1nc(N2CCCc3ccccc3C2)sc1CN. The Balaban J connectivity index is 1.89. The zero-order chi connectivity index (χ0) is 13.2. The molecule has 2 aromatic rings. The van der Waals surface area contributed by atoms with Crippen molar-refractivity contribution in [2.24, 2.45) is 5.73 Å². The van der Waals surface area contributed by atoms with Crippen molar-refractivity contribution in [2.75, 3.05) is 11.4 Å². The molecule has 2 N–H and O–H groups in total. The van der Waals surface area contributed by atoms with Crippen LogP contribution in [0.25, 0.3) is 0 Å². The van der Waals surface area contributed by atoms with Gasteiger partial charge in [0.15, 0.2) is 5.13 Å². The lowest BCUT2D eigenvalue weighted by atomic mass is 10.0. The molecule has 0 bridgehead atoms. The number of anilines is 1. The van der Waals surface area contributed by atoms with E-state index in [4.69, 9.17) is 5.73 Å². The lowest BCUT2D eigenvalue weighted by Gasteiger charge is -2.19. The molecule has 1 aromatic heterocycles. The van der Waals surface area contributed by atoms with Crippen LogP contribution < -0.4 is 10.6 Å². The minimum Gasteiger partial charge on any atom is -0.344 e. The van der Waals surface area contributed by atoms with Crippen molar-refractivity contribution in [3.05, 3.63) is 46.0 Å². The van der Waals surface area contributed by atoms with Gasteiger partial charge in [-0.2, -0.15) is 0 Å². The molecular weight excluding hydrogens is 254 g/mol. The van der Waals surface area contributed by atoms with Gasteiger partial charge in [-0.25, -0.2) is 4.98 Å². The fraction of sp³-hybridized carbons (Fsp3) is 0.400. The van der Waals surface area contributed by atoms with Gasteiger partial charge in [-0.1, -0.05) is 24.3 Å². The summed E-state index contributed by atoms with van der Waals surface area (Å²) in [6, 6.07) is 8.74. The lowest BCUT2D eigenvalue weighted by molar-refractivity contribution is 0.762. The Morgan fingerprint density at radius 3 is 2.84 bits per heavy atom. The molecule has 0 atom stereocenters. The van der Waals surface area contributed by atoms with Crippen LogP contribution in [0.1, 0.15) is 28.1 Å². The number of fused-ring (bicyclic) bond motifs is 1. The van der Waals surface area contributed by atoms with Crippen LogP contribution in [0.4, 0.5) is 5.13 Å². The van der Waals surface area contributed by atoms with E-state index in [-0.39, 0.29) is 0 Å². The third kappa shape index (κ3) is 2.51. The molecule has 0 spiro atoms. The Hall–Kier alpha value is -1.39. The maximum Gasteiger partial charge on any atom is 0.186 e. The van der Waals surface area contributed by atoms with Crippen LogP contribution in [0.5, 0.6) is 0 Å². The summed E-state index contributed by atoms with van der Waals surface area (Å²) in [6.07, 6.45) is 2.36. The van der Waals surface area contributed by atoms with Crippen molar-refractivity contribution in [3.8, 4) is 0 Å². The van der Waals surface area contributed by atoms with E-state index in [0.29, 0.717) is 6.54 Å². The molecule has 100 valence electrons. The molecular formula is C15H19N3S. The Labute approximate surface area is 118 Å². The molecule has 0 saturated heterocycles. The number of nitrogens with two attached hydrogens (primary N) is 1. The molecule has 0 radical (unpaired) electrons. The topological polar surface area (TPSA) is 42.2 Å². The number of rotatable bonds is 2. The highest BCUT2D eigenvalue weighted by molar-refractivity contribution is 7.15. The standard InChI is InChI=1S/C15H19N3S/c1-11-14(9-16)19-15(17-11)18-8-4-7-12-5-2-3-6-13(12)10-18/h2-3,5-6H,4,7-10,16H2,1H3. The predicted molar refractivity (Wildman–Crippen MR) is 80.6 cm³/mol. The van der Waals surface area contributed by atoms with E-state index in [0.717, 1.165) is 23.9 Å². The highest BCUT2D eigenvalue weighted by atomic mass is 32.1. The van der Waals surface area contributed by atoms with Gasteiger partial charge < -0.3 is 10.6 Å². The summed E-state index contributed by atoms with van der Waals surface area (Å²) >= 11 is 1.74. The number of hydrogen-bond acceptors (Lipinski definition) is 4. The minimum absolute atomic E-state index is 0.591. The maximum absolute atomic E-state index is 5.75. The van der Waals surface area contributed by atoms with Gasteiger partial charge in [-0.05, 0) is 30.9 Å². The Bertz CT molecular complexity index is 577. The normalized spacial score (nSPS) is 15.2. The minimum atomic E-state index is 0.591. The molecule has 2 heterocycles. The first kappa shape index (κ1) is 12.6. The quantitative estimate of drug-likeness (QED) is 0.915. The molecule has 3 nitrogen and oxygen atoms in total. The van der Waals surface area contributed by atoms with Gasteiger partial charge in [-0.3, -0.25) is 0 Å².